The number of hydrogen-bond donors (Lipinski definition) is 2. The molecule has 0 aliphatic heterocycles. The molecular weight excluding hydrogens is 242 g/mol. The Morgan fingerprint density at radius 1 is 1.42 bits per heavy atom. The first kappa shape index (κ1) is 13.2. The smallest absolute Gasteiger partial charge is 0.241 e. The van der Waals surface area contributed by atoms with Crippen molar-refractivity contribution in [3.05, 3.63) is 48.0 Å². The molecule has 0 radical (unpaired) electrons. The number of carbonyl (C=O) groups is 1. The number of amides is 1. The van der Waals surface area contributed by atoms with Crippen molar-refractivity contribution in [2.24, 2.45) is 12.8 Å². The molecule has 1 aromatic heterocycles. The first-order valence-corrected chi connectivity index (χ1v) is 6.09. The molecule has 0 aliphatic rings. The summed E-state index contributed by atoms with van der Waals surface area (Å²) in [5.41, 5.74) is 6.69. The van der Waals surface area contributed by atoms with E-state index in [1.165, 1.54) is 0 Å². The number of rotatable bonds is 5. The Hall–Kier alpha value is -2.21. The molecule has 1 atom stereocenters. The van der Waals surface area contributed by atoms with E-state index in [0.717, 1.165) is 11.4 Å². The Labute approximate surface area is 111 Å². The van der Waals surface area contributed by atoms with Crippen LogP contribution in [-0.2, 0) is 18.3 Å². The first-order chi connectivity index (χ1) is 9.18. The number of nitrogens with one attached hydrogen (secondary N) is 1. The van der Waals surface area contributed by atoms with E-state index in [1.54, 1.807) is 6.33 Å². The van der Waals surface area contributed by atoms with Crippen molar-refractivity contribution < 1.29 is 4.79 Å². The summed E-state index contributed by atoms with van der Waals surface area (Å²) in [4.78, 5) is 11.9. The zero-order chi connectivity index (χ0) is 13.7. The van der Waals surface area contributed by atoms with Crippen LogP contribution in [0.1, 0.15) is 17.4 Å². The van der Waals surface area contributed by atoms with E-state index >= 15 is 0 Å². The molecule has 0 aliphatic carbocycles. The highest BCUT2D eigenvalue weighted by atomic mass is 16.2. The highest BCUT2D eigenvalue weighted by molar-refractivity contribution is 5.82. The lowest BCUT2D eigenvalue weighted by molar-refractivity contribution is -0.122. The molecule has 6 heteroatoms. The fourth-order valence-electron chi connectivity index (χ4n) is 1.75. The van der Waals surface area contributed by atoms with Gasteiger partial charge in [0, 0.05) is 20.0 Å². The van der Waals surface area contributed by atoms with Gasteiger partial charge in [-0.2, -0.15) is 0 Å². The van der Waals surface area contributed by atoms with E-state index in [-0.39, 0.29) is 5.91 Å². The standard InChI is InChI=1S/C13H17N5O/c1-18-9-16-17-11(18)7-8-15-13(19)12(14)10-5-3-2-4-6-10/h2-6,9,12H,7-8,14H2,1H3,(H,15,19)/t12-/m1/s1. The van der Waals surface area contributed by atoms with Gasteiger partial charge in [0.25, 0.3) is 0 Å². The van der Waals surface area contributed by atoms with Crippen LogP contribution in [0.15, 0.2) is 36.7 Å². The highest BCUT2D eigenvalue weighted by Crippen LogP contribution is 2.08. The van der Waals surface area contributed by atoms with E-state index in [9.17, 15) is 4.79 Å². The van der Waals surface area contributed by atoms with E-state index in [2.05, 4.69) is 15.5 Å². The minimum Gasteiger partial charge on any atom is -0.354 e. The predicted molar refractivity (Wildman–Crippen MR) is 71.1 cm³/mol. The summed E-state index contributed by atoms with van der Waals surface area (Å²) in [6.07, 6.45) is 2.26. The van der Waals surface area contributed by atoms with Crippen molar-refractivity contribution in [2.75, 3.05) is 6.54 Å². The van der Waals surface area contributed by atoms with Gasteiger partial charge in [-0.15, -0.1) is 10.2 Å². The second-order valence-electron chi connectivity index (χ2n) is 4.29. The second kappa shape index (κ2) is 6.10. The highest BCUT2D eigenvalue weighted by Gasteiger charge is 2.14. The monoisotopic (exact) mass is 259 g/mol. The van der Waals surface area contributed by atoms with Crippen LogP contribution in [0.3, 0.4) is 0 Å². The van der Waals surface area contributed by atoms with Gasteiger partial charge >= 0.3 is 0 Å². The molecule has 1 aromatic carbocycles. The van der Waals surface area contributed by atoms with E-state index in [1.807, 2.05) is 41.9 Å². The Balaban J connectivity index is 1.83. The van der Waals surface area contributed by atoms with E-state index < -0.39 is 6.04 Å². The van der Waals surface area contributed by atoms with Gasteiger partial charge in [0.2, 0.25) is 5.91 Å². The lowest BCUT2D eigenvalue weighted by Crippen LogP contribution is -2.35. The third kappa shape index (κ3) is 3.38. The Morgan fingerprint density at radius 2 is 2.16 bits per heavy atom. The van der Waals surface area contributed by atoms with E-state index in [4.69, 9.17) is 5.73 Å². The molecule has 0 bridgehead atoms. The van der Waals surface area contributed by atoms with Crippen molar-refractivity contribution >= 4 is 5.91 Å². The van der Waals surface area contributed by atoms with Crippen LogP contribution in [0, 0.1) is 0 Å². The van der Waals surface area contributed by atoms with Crippen LogP contribution in [-0.4, -0.2) is 27.2 Å². The molecule has 2 rings (SSSR count). The lowest BCUT2D eigenvalue weighted by Gasteiger charge is -2.12. The number of aromatic nitrogens is 3. The number of nitrogens with two attached hydrogens (primary N) is 1. The average molecular weight is 259 g/mol. The number of aryl methyl sites for hydroxylation is 1. The minimum atomic E-state index is -0.638. The third-order valence-electron chi connectivity index (χ3n) is 2.89. The van der Waals surface area contributed by atoms with Crippen LogP contribution in [0.5, 0.6) is 0 Å². The van der Waals surface area contributed by atoms with Crippen molar-refractivity contribution in [3.8, 4) is 0 Å². The molecule has 2 aromatic rings. The molecule has 0 fully saturated rings. The molecule has 0 saturated heterocycles. The molecule has 100 valence electrons. The number of benzene rings is 1. The van der Waals surface area contributed by atoms with Gasteiger partial charge in [-0.05, 0) is 5.56 Å². The quantitative estimate of drug-likeness (QED) is 0.801. The minimum absolute atomic E-state index is 0.187. The maximum Gasteiger partial charge on any atom is 0.241 e. The van der Waals surface area contributed by atoms with Gasteiger partial charge < -0.3 is 15.6 Å². The van der Waals surface area contributed by atoms with Gasteiger partial charge in [0.05, 0.1) is 0 Å². The summed E-state index contributed by atoms with van der Waals surface area (Å²) in [6, 6.07) is 8.66. The Bertz CT molecular complexity index is 537. The van der Waals surface area contributed by atoms with Crippen molar-refractivity contribution in [1.29, 1.82) is 0 Å². The number of nitrogens with zero attached hydrogens (tertiary/aromatic N) is 3. The maximum absolute atomic E-state index is 11.9. The molecule has 19 heavy (non-hydrogen) atoms. The molecule has 3 N–H and O–H groups in total. The van der Waals surface area contributed by atoms with Crippen LogP contribution in [0.25, 0.3) is 0 Å². The number of carbonyl (C=O) groups excluding carboxylic acids is 1. The van der Waals surface area contributed by atoms with Crippen LogP contribution in [0.4, 0.5) is 0 Å². The van der Waals surface area contributed by atoms with Gasteiger partial charge in [0.1, 0.15) is 18.2 Å². The maximum atomic E-state index is 11.9. The lowest BCUT2D eigenvalue weighted by atomic mass is 10.1. The molecule has 0 spiro atoms. The zero-order valence-electron chi connectivity index (χ0n) is 10.8. The predicted octanol–water partition coefficient (Wildman–Crippen LogP) is 0.174. The third-order valence-corrected chi connectivity index (χ3v) is 2.89. The van der Waals surface area contributed by atoms with Gasteiger partial charge in [0.15, 0.2) is 0 Å². The molecule has 0 saturated carbocycles. The fourth-order valence-corrected chi connectivity index (χ4v) is 1.75. The number of hydrogen-bond acceptors (Lipinski definition) is 4. The summed E-state index contributed by atoms with van der Waals surface area (Å²) >= 11 is 0. The zero-order valence-corrected chi connectivity index (χ0v) is 10.8. The van der Waals surface area contributed by atoms with Crippen LogP contribution >= 0.6 is 0 Å². The molecule has 0 unspecified atom stereocenters. The second-order valence-corrected chi connectivity index (χ2v) is 4.29. The summed E-state index contributed by atoms with van der Waals surface area (Å²) in [6.45, 7) is 0.492. The molecule has 6 nitrogen and oxygen atoms in total. The summed E-state index contributed by atoms with van der Waals surface area (Å²) < 4.78 is 1.82. The van der Waals surface area contributed by atoms with E-state index in [0.29, 0.717) is 13.0 Å². The van der Waals surface area contributed by atoms with Gasteiger partial charge in [-0.3, -0.25) is 4.79 Å². The summed E-state index contributed by atoms with van der Waals surface area (Å²) in [5.74, 6) is 0.641. The van der Waals surface area contributed by atoms with Crippen molar-refractivity contribution in [3.63, 3.8) is 0 Å². The summed E-state index contributed by atoms with van der Waals surface area (Å²) in [5, 5.41) is 10.5. The normalized spacial score (nSPS) is 12.1. The first-order valence-electron chi connectivity index (χ1n) is 6.09. The van der Waals surface area contributed by atoms with Crippen LogP contribution < -0.4 is 11.1 Å². The Kier molecular flexibility index (Phi) is 4.25. The SMILES string of the molecule is Cn1cnnc1CCNC(=O)[C@H](N)c1ccccc1. The van der Waals surface area contributed by atoms with Crippen molar-refractivity contribution in [1.82, 2.24) is 20.1 Å². The molecule has 1 amide bonds. The summed E-state index contributed by atoms with van der Waals surface area (Å²) in [7, 11) is 1.87. The van der Waals surface area contributed by atoms with Crippen molar-refractivity contribution in [2.45, 2.75) is 12.5 Å². The fraction of sp³-hybridized carbons (Fsp3) is 0.308. The average Bonchev–Trinajstić information content (AvgIpc) is 2.84. The van der Waals surface area contributed by atoms with Crippen LogP contribution in [0.2, 0.25) is 0 Å². The molecular formula is C13H17N5O. The topological polar surface area (TPSA) is 85.8 Å². The van der Waals surface area contributed by atoms with Gasteiger partial charge in [-0.1, -0.05) is 30.3 Å². The molecule has 1 heterocycles. The largest absolute Gasteiger partial charge is 0.354 e. The van der Waals surface area contributed by atoms with Gasteiger partial charge in [-0.25, -0.2) is 0 Å². The Morgan fingerprint density at radius 3 is 2.79 bits per heavy atom.